The summed E-state index contributed by atoms with van der Waals surface area (Å²) in [6, 6.07) is 7.60. The summed E-state index contributed by atoms with van der Waals surface area (Å²) in [6.45, 7) is 1.90. The molecule has 8 heteroatoms. The van der Waals surface area contributed by atoms with E-state index in [2.05, 4.69) is 20.1 Å². The highest BCUT2D eigenvalue weighted by molar-refractivity contribution is 5.79. The molecule has 1 amide bonds. The van der Waals surface area contributed by atoms with Gasteiger partial charge in [-0.05, 0) is 43.5 Å². The minimum absolute atomic E-state index is 0.0132. The number of ether oxygens (including phenoxy) is 1. The van der Waals surface area contributed by atoms with Crippen molar-refractivity contribution in [2.45, 2.75) is 38.0 Å². The lowest BCUT2D eigenvalue weighted by Gasteiger charge is -2.41. The molecule has 2 aliphatic rings. The SMILES string of the molecule is Cc1nc([C@H]2OCC(=O)N(C3CC3)[C@@H]2c2cccnc2)n(-c2ccncc2)n1. The van der Waals surface area contributed by atoms with Crippen LogP contribution in [0.3, 0.4) is 0 Å². The second kappa shape index (κ2) is 6.79. The molecule has 8 nitrogen and oxygen atoms in total. The molecule has 4 heterocycles. The predicted octanol–water partition coefficient (Wildman–Crippen LogP) is 2.17. The van der Waals surface area contributed by atoms with Crippen molar-refractivity contribution in [1.82, 2.24) is 29.6 Å². The van der Waals surface area contributed by atoms with Gasteiger partial charge in [0.25, 0.3) is 0 Å². The van der Waals surface area contributed by atoms with E-state index >= 15 is 0 Å². The summed E-state index contributed by atoms with van der Waals surface area (Å²) in [7, 11) is 0. The average molecular weight is 376 g/mol. The van der Waals surface area contributed by atoms with Crippen molar-refractivity contribution in [3.8, 4) is 5.69 Å². The van der Waals surface area contributed by atoms with Crippen LogP contribution in [0.4, 0.5) is 0 Å². The molecule has 1 aliphatic heterocycles. The van der Waals surface area contributed by atoms with Crippen molar-refractivity contribution in [1.29, 1.82) is 0 Å². The van der Waals surface area contributed by atoms with Crippen LogP contribution in [0, 0.1) is 6.92 Å². The topological polar surface area (TPSA) is 86.0 Å². The van der Waals surface area contributed by atoms with Crippen LogP contribution in [0.5, 0.6) is 0 Å². The van der Waals surface area contributed by atoms with E-state index in [1.54, 1.807) is 29.5 Å². The molecule has 1 saturated carbocycles. The van der Waals surface area contributed by atoms with E-state index < -0.39 is 6.10 Å². The zero-order valence-corrected chi connectivity index (χ0v) is 15.5. The van der Waals surface area contributed by atoms with Gasteiger partial charge in [-0.25, -0.2) is 9.67 Å². The number of carbonyl (C=O) groups excluding carboxylic acids is 1. The van der Waals surface area contributed by atoms with Gasteiger partial charge < -0.3 is 9.64 Å². The van der Waals surface area contributed by atoms with E-state index in [1.807, 2.05) is 36.1 Å². The number of rotatable bonds is 4. The first-order valence-corrected chi connectivity index (χ1v) is 9.39. The summed E-state index contributed by atoms with van der Waals surface area (Å²) >= 11 is 0. The summed E-state index contributed by atoms with van der Waals surface area (Å²) in [5.41, 5.74) is 1.79. The fourth-order valence-electron chi connectivity index (χ4n) is 3.80. The molecule has 0 spiro atoms. The number of nitrogens with zero attached hydrogens (tertiary/aromatic N) is 6. The van der Waals surface area contributed by atoms with Gasteiger partial charge in [0.2, 0.25) is 5.91 Å². The molecule has 0 aromatic carbocycles. The molecular formula is C20H20N6O2. The van der Waals surface area contributed by atoms with Gasteiger partial charge in [-0.1, -0.05) is 6.07 Å². The molecule has 3 aromatic heterocycles. The van der Waals surface area contributed by atoms with Gasteiger partial charge in [0.05, 0.1) is 11.7 Å². The first-order chi connectivity index (χ1) is 13.7. The van der Waals surface area contributed by atoms with E-state index in [1.165, 1.54) is 0 Å². The van der Waals surface area contributed by atoms with Crippen molar-refractivity contribution in [3.05, 3.63) is 66.3 Å². The zero-order valence-electron chi connectivity index (χ0n) is 15.5. The summed E-state index contributed by atoms with van der Waals surface area (Å²) in [5.74, 6) is 1.34. The second-order valence-electron chi connectivity index (χ2n) is 7.13. The van der Waals surface area contributed by atoms with Gasteiger partial charge >= 0.3 is 0 Å². The van der Waals surface area contributed by atoms with E-state index in [0.29, 0.717) is 11.6 Å². The van der Waals surface area contributed by atoms with Gasteiger partial charge in [0, 0.05) is 30.8 Å². The third-order valence-electron chi connectivity index (χ3n) is 5.13. The Balaban J connectivity index is 1.63. The first-order valence-electron chi connectivity index (χ1n) is 9.39. The monoisotopic (exact) mass is 376 g/mol. The Morgan fingerprint density at radius 2 is 1.93 bits per heavy atom. The largest absolute Gasteiger partial charge is 0.358 e. The van der Waals surface area contributed by atoms with Crippen molar-refractivity contribution in [3.63, 3.8) is 0 Å². The van der Waals surface area contributed by atoms with Crippen LogP contribution in [-0.2, 0) is 9.53 Å². The molecule has 0 N–H and O–H groups in total. The third-order valence-corrected chi connectivity index (χ3v) is 5.13. The normalized spacial score (nSPS) is 22.5. The van der Waals surface area contributed by atoms with Crippen molar-refractivity contribution < 1.29 is 9.53 Å². The van der Waals surface area contributed by atoms with Gasteiger partial charge in [-0.3, -0.25) is 14.8 Å². The number of pyridine rings is 2. The van der Waals surface area contributed by atoms with Gasteiger partial charge in [-0.2, -0.15) is 5.10 Å². The maximum absolute atomic E-state index is 12.7. The van der Waals surface area contributed by atoms with E-state index in [0.717, 1.165) is 24.1 Å². The maximum Gasteiger partial charge on any atom is 0.249 e. The Hall–Kier alpha value is -3.13. The molecule has 0 unspecified atom stereocenters. The van der Waals surface area contributed by atoms with E-state index in [-0.39, 0.29) is 24.6 Å². The summed E-state index contributed by atoms with van der Waals surface area (Å²) in [6.07, 6.45) is 8.57. The van der Waals surface area contributed by atoms with Crippen LogP contribution in [0.1, 0.15) is 42.2 Å². The molecular weight excluding hydrogens is 356 g/mol. The van der Waals surface area contributed by atoms with Crippen LogP contribution < -0.4 is 0 Å². The number of morpholine rings is 1. The number of hydrogen-bond donors (Lipinski definition) is 0. The standard InChI is InChI=1S/C20H20N6O2/c1-13-23-20(26(24-13)16-6-9-21-10-7-16)19-18(14-3-2-8-22-11-14)25(15-4-5-15)17(27)12-28-19/h2-3,6-11,15,18-19H,4-5,12H2,1H3/t18-,19+/m1/s1. The summed E-state index contributed by atoms with van der Waals surface area (Å²) in [5, 5.41) is 4.57. The number of amides is 1. The zero-order chi connectivity index (χ0) is 19.1. The molecule has 142 valence electrons. The summed E-state index contributed by atoms with van der Waals surface area (Å²) in [4.78, 5) is 27.7. The van der Waals surface area contributed by atoms with Crippen LogP contribution in [-0.4, -0.2) is 48.2 Å². The molecule has 2 atom stereocenters. The van der Waals surface area contributed by atoms with Gasteiger partial charge in [-0.15, -0.1) is 0 Å². The molecule has 1 saturated heterocycles. The average Bonchev–Trinajstić information content (AvgIpc) is 3.50. The molecule has 0 radical (unpaired) electrons. The molecule has 2 fully saturated rings. The fraction of sp³-hybridized carbons (Fsp3) is 0.350. The molecule has 5 rings (SSSR count). The minimum Gasteiger partial charge on any atom is -0.358 e. The highest BCUT2D eigenvalue weighted by Gasteiger charge is 2.47. The Kier molecular flexibility index (Phi) is 4.12. The first kappa shape index (κ1) is 17.0. The molecule has 28 heavy (non-hydrogen) atoms. The van der Waals surface area contributed by atoms with Crippen LogP contribution in [0.2, 0.25) is 0 Å². The van der Waals surface area contributed by atoms with Crippen molar-refractivity contribution in [2.75, 3.05) is 6.61 Å². The third kappa shape index (κ3) is 2.95. The Morgan fingerprint density at radius 3 is 2.64 bits per heavy atom. The Bertz CT molecular complexity index is 986. The van der Waals surface area contributed by atoms with E-state index in [9.17, 15) is 4.79 Å². The van der Waals surface area contributed by atoms with Gasteiger partial charge in [0.15, 0.2) is 5.82 Å². The lowest BCUT2D eigenvalue weighted by atomic mass is 9.98. The smallest absolute Gasteiger partial charge is 0.249 e. The second-order valence-corrected chi connectivity index (χ2v) is 7.13. The molecule has 0 bridgehead atoms. The highest BCUT2D eigenvalue weighted by atomic mass is 16.5. The maximum atomic E-state index is 12.7. The lowest BCUT2D eigenvalue weighted by molar-refractivity contribution is -0.160. The number of aromatic nitrogens is 5. The highest BCUT2D eigenvalue weighted by Crippen LogP contribution is 2.45. The Morgan fingerprint density at radius 1 is 1.11 bits per heavy atom. The fourth-order valence-corrected chi connectivity index (χ4v) is 3.80. The number of aryl methyl sites for hydroxylation is 1. The lowest BCUT2D eigenvalue weighted by Crippen LogP contribution is -2.47. The number of carbonyl (C=O) groups is 1. The quantitative estimate of drug-likeness (QED) is 0.694. The van der Waals surface area contributed by atoms with Crippen molar-refractivity contribution >= 4 is 5.91 Å². The van der Waals surface area contributed by atoms with Crippen LogP contribution in [0.25, 0.3) is 5.69 Å². The Labute approximate surface area is 162 Å². The molecule has 3 aromatic rings. The molecule has 1 aliphatic carbocycles. The van der Waals surface area contributed by atoms with E-state index in [4.69, 9.17) is 4.74 Å². The van der Waals surface area contributed by atoms with Gasteiger partial charge in [0.1, 0.15) is 18.5 Å². The van der Waals surface area contributed by atoms with Crippen LogP contribution >= 0.6 is 0 Å². The minimum atomic E-state index is -0.433. The number of hydrogen-bond acceptors (Lipinski definition) is 6. The predicted molar refractivity (Wildman–Crippen MR) is 99.4 cm³/mol. The van der Waals surface area contributed by atoms with Crippen molar-refractivity contribution in [2.24, 2.45) is 0 Å². The summed E-state index contributed by atoms with van der Waals surface area (Å²) < 4.78 is 7.85. The van der Waals surface area contributed by atoms with Crippen LogP contribution in [0.15, 0.2) is 49.1 Å².